The van der Waals surface area contributed by atoms with E-state index >= 15 is 0 Å². The highest BCUT2D eigenvalue weighted by molar-refractivity contribution is 9.10. The second-order valence-electron chi connectivity index (χ2n) is 3.05. The Bertz CT molecular complexity index is 304. The molecule has 1 atom stereocenters. The van der Waals surface area contributed by atoms with Crippen molar-refractivity contribution in [1.82, 2.24) is 10.3 Å². The van der Waals surface area contributed by atoms with E-state index in [1.807, 2.05) is 13.1 Å². The minimum Gasteiger partial charge on any atom is -0.313 e. The maximum Gasteiger partial charge on any atom is 0.106 e. The predicted molar refractivity (Wildman–Crippen MR) is 59.3 cm³/mol. The van der Waals surface area contributed by atoms with Crippen LogP contribution in [0.25, 0.3) is 0 Å². The monoisotopic (exact) mass is 262 g/mol. The van der Waals surface area contributed by atoms with Crippen LogP contribution in [-0.4, -0.2) is 12.0 Å². The molecule has 0 saturated heterocycles. The van der Waals surface area contributed by atoms with E-state index < -0.39 is 0 Å². The lowest BCUT2D eigenvalue weighted by Gasteiger charge is -2.08. The molecule has 1 heterocycles. The highest BCUT2D eigenvalue weighted by Crippen LogP contribution is 2.30. The Hall–Kier alpha value is -0.120. The summed E-state index contributed by atoms with van der Waals surface area (Å²) in [6.45, 7) is 0. The summed E-state index contributed by atoms with van der Waals surface area (Å²) in [5.41, 5.74) is 2.60. The molecule has 72 valence electrons. The van der Waals surface area contributed by atoms with Gasteiger partial charge in [0.25, 0.3) is 0 Å². The zero-order valence-corrected chi connectivity index (χ0v) is 9.78. The number of halogens is 2. The Morgan fingerprint density at radius 1 is 1.54 bits per heavy atom. The zero-order valence-electron chi connectivity index (χ0n) is 7.38. The molecule has 0 bridgehead atoms. The number of pyridine rings is 1. The molecule has 1 aliphatic carbocycles. The average Bonchev–Trinajstić information content (AvgIpc) is 2.46. The van der Waals surface area contributed by atoms with Crippen molar-refractivity contribution in [2.24, 2.45) is 0 Å². The summed E-state index contributed by atoms with van der Waals surface area (Å²) in [6, 6.07) is 4.68. The number of aryl methyl sites for hydroxylation is 1. The van der Waals surface area contributed by atoms with Crippen LogP contribution in [-0.2, 0) is 6.42 Å². The maximum atomic E-state index is 4.43. The van der Waals surface area contributed by atoms with Crippen molar-refractivity contribution in [3.63, 3.8) is 0 Å². The van der Waals surface area contributed by atoms with E-state index in [1.54, 1.807) is 0 Å². The van der Waals surface area contributed by atoms with E-state index in [4.69, 9.17) is 0 Å². The van der Waals surface area contributed by atoms with E-state index in [-0.39, 0.29) is 12.4 Å². The largest absolute Gasteiger partial charge is 0.313 e. The zero-order chi connectivity index (χ0) is 8.55. The molecule has 0 radical (unpaired) electrons. The van der Waals surface area contributed by atoms with Crippen LogP contribution < -0.4 is 5.32 Å². The third-order valence-electron chi connectivity index (χ3n) is 2.37. The normalized spacial score (nSPS) is 19.4. The molecular formula is C9H12BrClN2. The molecular weight excluding hydrogens is 251 g/mol. The van der Waals surface area contributed by atoms with Gasteiger partial charge in [-0.1, -0.05) is 6.07 Å². The maximum absolute atomic E-state index is 4.43. The Labute approximate surface area is 92.7 Å². The van der Waals surface area contributed by atoms with Gasteiger partial charge in [-0.25, -0.2) is 4.98 Å². The second kappa shape index (κ2) is 4.40. The van der Waals surface area contributed by atoms with Crippen LogP contribution in [0.15, 0.2) is 16.7 Å². The highest BCUT2D eigenvalue weighted by atomic mass is 79.9. The molecule has 2 nitrogen and oxygen atoms in total. The van der Waals surface area contributed by atoms with Gasteiger partial charge in [0.15, 0.2) is 0 Å². The van der Waals surface area contributed by atoms with E-state index in [2.05, 4.69) is 32.3 Å². The first kappa shape index (κ1) is 11.0. The number of hydrogen-bond acceptors (Lipinski definition) is 2. The molecule has 0 amide bonds. The summed E-state index contributed by atoms with van der Waals surface area (Å²) in [5.74, 6) is 0. The Balaban J connectivity index is 0.000000845. The smallest absolute Gasteiger partial charge is 0.106 e. The minimum absolute atomic E-state index is 0. The molecule has 0 spiro atoms. The van der Waals surface area contributed by atoms with E-state index in [0.717, 1.165) is 11.0 Å². The van der Waals surface area contributed by atoms with Gasteiger partial charge in [0.1, 0.15) is 4.60 Å². The fourth-order valence-electron chi connectivity index (χ4n) is 1.74. The van der Waals surface area contributed by atoms with Crippen LogP contribution >= 0.6 is 28.3 Å². The van der Waals surface area contributed by atoms with Crippen LogP contribution in [0, 0.1) is 0 Å². The van der Waals surface area contributed by atoms with Crippen molar-refractivity contribution in [3.05, 3.63) is 28.0 Å². The lowest BCUT2D eigenvalue weighted by molar-refractivity contribution is 0.590. The van der Waals surface area contributed by atoms with Gasteiger partial charge in [0.2, 0.25) is 0 Å². The first-order chi connectivity index (χ1) is 5.81. The van der Waals surface area contributed by atoms with Crippen molar-refractivity contribution in [2.45, 2.75) is 18.9 Å². The summed E-state index contributed by atoms with van der Waals surface area (Å²) in [5, 5.41) is 3.28. The number of hydrogen-bond donors (Lipinski definition) is 1. The molecule has 2 rings (SSSR count). The van der Waals surface area contributed by atoms with Crippen LogP contribution in [0.4, 0.5) is 0 Å². The van der Waals surface area contributed by atoms with Crippen molar-refractivity contribution < 1.29 is 0 Å². The minimum atomic E-state index is 0. The molecule has 1 aromatic rings. The third kappa shape index (κ3) is 2.03. The number of rotatable bonds is 1. The van der Waals surface area contributed by atoms with Crippen molar-refractivity contribution in [3.8, 4) is 0 Å². The molecule has 1 aliphatic rings. The summed E-state index contributed by atoms with van der Waals surface area (Å²) < 4.78 is 0.943. The van der Waals surface area contributed by atoms with E-state index in [9.17, 15) is 0 Å². The van der Waals surface area contributed by atoms with Gasteiger partial charge in [-0.2, -0.15) is 0 Å². The molecule has 0 aliphatic heterocycles. The lowest BCUT2D eigenvalue weighted by Crippen LogP contribution is -2.12. The standard InChI is InChI=1S/C9H11BrN2.ClH/c1-11-7-3-4-8-6(7)2-5-9(10)12-8;/h2,5,7,11H,3-4H2,1H3;1H. The van der Waals surface area contributed by atoms with Gasteiger partial charge in [0.05, 0.1) is 0 Å². The lowest BCUT2D eigenvalue weighted by atomic mass is 10.1. The topological polar surface area (TPSA) is 24.9 Å². The van der Waals surface area contributed by atoms with Crippen molar-refractivity contribution in [1.29, 1.82) is 0 Å². The van der Waals surface area contributed by atoms with E-state index in [0.29, 0.717) is 6.04 Å². The molecule has 1 N–H and O–H groups in total. The van der Waals surface area contributed by atoms with Gasteiger partial charge in [-0.3, -0.25) is 0 Å². The fraction of sp³-hybridized carbons (Fsp3) is 0.444. The molecule has 0 fully saturated rings. The van der Waals surface area contributed by atoms with E-state index in [1.165, 1.54) is 17.7 Å². The predicted octanol–water partition coefficient (Wildman–Crippen LogP) is 2.47. The Morgan fingerprint density at radius 3 is 3.00 bits per heavy atom. The Kier molecular flexibility index (Phi) is 3.71. The molecule has 1 unspecified atom stereocenters. The molecule has 4 heteroatoms. The van der Waals surface area contributed by atoms with Crippen LogP contribution in [0.3, 0.4) is 0 Å². The summed E-state index contributed by atoms with van der Waals surface area (Å²) in [6.07, 6.45) is 2.27. The second-order valence-corrected chi connectivity index (χ2v) is 3.86. The van der Waals surface area contributed by atoms with Crippen LogP contribution in [0.2, 0.25) is 0 Å². The van der Waals surface area contributed by atoms with Gasteiger partial charge >= 0.3 is 0 Å². The quantitative estimate of drug-likeness (QED) is 0.788. The van der Waals surface area contributed by atoms with Crippen molar-refractivity contribution in [2.75, 3.05) is 7.05 Å². The Morgan fingerprint density at radius 2 is 2.31 bits per heavy atom. The molecule has 0 saturated carbocycles. The van der Waals surface area contributed by atoms with Gasteiger partial charge in [-0.05, 0) is 47.4 Å². The SMILES string of the molecule is CNC1CCc2nc(Br)ccc21.Cl. The van der Waals surface area contributed by atoms with Crippen LogP contribution in [0.5, 0.6) is 0 Å². The summed E-state index contributed by atoms with van der Waals surface area (Å²) >= 11 is 3.38. The number of fused-ring (bicyclic) bond motifs is 1. The number of nitrogens with zero attached hydrogens (tertiary/aromatic N) is 1. The number of nitrogens with one attached hydrogen (secondary N) is 1. The number of aromatic nitrogens is 1. The van der Waals surface area contributed by atoms with Crippen LogP contribution in [0.1, 0.15) is 23.7 Å². The molecule has 1 aromatic heterocycles. The summed E-state index contributed by atoms with van der Waals surface area (Å²) in [4.78, 5) is 4.43. The highest BCUT2D eigenvalue weighted by Gasteiger charge is 2.21. The molecule has 13 heavy (non-hydrogen) atoms. The molecule has 0 aromatic carbocycles. The summed E-state index contributed by atoms with van der Waals surface area (Å²) in [7, 11) is 2.00. The average molecular weight is 264 g/mol. The third-order valence-corrected chi connectivity index (χ3v) is 2.81. The van der Waals surface area contributed by atoms with Crippen molar-refractivity contribution >= 4 is 28.3 Å². The van der Waals surface area contributed by atoms with Gasteiger partial charge in [0, 0.05) is 11.7 Å². The fourth-order valence-corrected chi connectivity index (χ4v) is 2.09. The van der Waals surface area contributed by atoms with Gasteiger partial charge in [-0.15, -0.1) is 12.4 Å². The first-order valence-electron chi connectivity index (χ1n) is 4.14. The first-order valence-corrected chi connectivity index (χ1v) is 4.93. The van der Waals surface area contributed by atoms with Gasteiger partial charge < -0.3 is 5.32 Å².